The lowest BCUT2D eigenvalue weighted by atomic mass is 9.78. The van der Waals surface area contributed by atoms with Crippen molar-refractivity contribution in [2.45, 2.75) is 17.9 Å². The molecule has 1 fully saturated rings. The van der Waals surface area contributed by atoms with Crippen LogP contribution in [0.25, 0.3) is 0 Å². The van der Waals surface area contributed by atoms with Crippen LogP contribution in [0.5, 0.6) is 0 Å². The van der Waals surface area contributed by atoms with E-state index in [9.17, 15) is 40.3 Å². The van der Waals surface area contributed by atoms with Crippen molar-refractivity contribution in [2.24, 2.45) is 15.9 Å². The first-order valence-corrected chi connectivity index (χ1v) is 9.14. The number of carbonyl (C=O) groups is 2. The summed E-state index contributed by atoms with van der Waals surface area (Å²) < 4.78 is 98.4. The van der Waals surface area contributed by atoms with Crippen LogP contribution in [-0.4, -0.2) is 41.5 Å². The van der Waals surface area contributed by atoms with Gasteiger partial charge in [0.25, 0.3) is 5.54 Å². The highest BCUT2D eigenvalue weighted by molar-refractivity contribution is 6.33. The van der Waals surface area contributed by atoms with Gasteiger partial charge in [0.05, 0.1) is 5.69 Å². The van der Waals surface area contributed by atoms with Crippen molar-refractivity contribution in [3.8, 4) is 0 Å². The SMILES string of the molecule is O=C1NC(=O)N(c2ccccc2)C2=NC(c3ccc(F)cc3)=NC(C(F)(F)F)(C(F)(F)F)C12. The third-order valence-electron chi connectivity index (χ3n) is 5.08. The number of urea groups is 1. The zero-order chi connectivity index (χ0) is 24.2. The van der Waals surface area contributed by atoms with E-state index in [0.717, 1.165) is 24.3 Å². The Morgan fingerprint density at radius 2 is 1.45 bits per heavy atom. The second kappa shape index (κ2) is 7.39. The number of amidine groups is 2. The Bertz CT molecular complexity index is 1160. The van der Waals surface area contributed by atoms with Gasteiger partial charge < -0.3 is 0 Å². The van der Waals surface area contributed by atoms with Crippen molar-refractivity contribution in [3.63, 3.8) is 0 Å². The van der Waals surface area contributed by atoms with Crippen molar-refractivity contribution < 1.29 is 40.3 Å². The molecule has 33 heavy (non-hydrogen) atoms. The first-order chi connectivity index (χ1) is 15.4. The molecule has 13 heteroatoms. The molecule has 0 spiro atoms. The first kappa shape index (κ1) is 22.4. The Kier molecular flexibility index (Phi) is 5.02. The number of carbonyl (C=O) groups excluding carboxylic acids is 2. The van der Waals surface area contributed by atoms with Crippen LogP contribution in [-0.2, 0) is 4.79 Å². The minimum Gasteiger partial charge on any atom is -0.277 e. The smallest absolute Gasteiger partial charge is 0.277 e. The third kappa shape index (κ3) is 3.43. The zero-order valence-electron chi connectivity index (χ0n) is 16.1. The monoisotopic (exact) mass is 472 g/mol. The molecular weight excluding hydrogens is 461 g/mol. The third-order valence-corrected chi connectivity index (χ3v) is 5.08. The molecule has 2 aromatic rings. The average molecular weight is 472 g/mol. The van der Waals surface area contributed by atoms with Gasteiger partial charge in [-0.15, -0.1) is 0 Å². The van der Waals surface area contributed by atoms with Gasteiger partial charge in [0.2, 0.25) is 5.91 Å². The van der Waals surface area contributed by atoms with Gasteiger partial charge in [-0.05, 0) is 36.4 Å². The molecule has 2 heterocycles. The van der Waals surface area contributed by atoms with Crippen molar-refractivity contribution in [1.82, 2.24) is 5.32 Å². The quantitative estimate of drug-likeness (QED) is 0.665. The van der Waals surface area contributed by atoms with Crippen LogP contribution in [0.1, 0.15) is 5.56 Å². The lowest BCUT2D eigenvalue weighted by Gasteiger charge is -2.45. The normalized spacial score (nSPS) is 20.6. The predicted molar refractivity (Wildman–Crippen MR) is 101 cm³/mol. The number of halogens is 7. The van der Waals surface area contributed by atoms with E-state index in [1.807, 2.05) is 0 Å². The number of hydrogen-bond acceptors (Lipinski definition) is 4. The molecule has 1 atom stereocenters. The van der Waals surface area contributed by atoms with Gasteiger partial charge in [-0.2, -0.15) is 26.3 Å². The van der Waals surface area contributed by atoms with Crippen LogP contribution >= 0.6 is 0 Å². The Morgan fingerprint density at radius 1 is 0.879 bits per heavy atom. The molecule has 3 amide bonds. The van der Waals surface area contributed by atoms with Gasteiger partial charge >= 0.3 is 18.4 Å². The standard InChI is InChI=1S/C20H11F7N4O2/c21-11-8-6-10(7-9-11)14-28-15-13(18(30-14,19(22,23)24)20(25,26)27)16(32)29-17(33)31(15)12-4-2-1-3-5-12/h1-9,13H,(H,29,32,33). The second-order valence-electron chi connectivity index (χ2n) is 7.07. The number of benzene rings is 2. The maximum Gasteiger partial charge on any atom is 0.423 e. The molecule has 0 saturated carbocycles. The molecule has 2 aliphatic rings. The van der Waals surface area contributed by atoms with Gasteiger partial charge in [0.1, 0.15) is 17.6 Å². The molecule has 0 bridgehead atoms. The number of para-hydroxylation sites is 1. The number of imide groups is 1. The van der Waals surface area contributed by atoms with Crippen molar-refractivity contribution in [2.75, 3.05) is 4.90 Å². The van der Waals surface area contributed by atoms with E-state index in [2.05, 4.69) is 9.98 Å². The van der Waals surface area contributed by atoms with Gasteiger partial charge in [0.15, 0.2) is 5.84 Å². The Balaban J connectivity index is 2.05. The lowest BCUT2D eigenvalue weighted by molar-refractivity contribution is -0.302. The van der Waals surface area contributed by atoms with Crippen LogP contribution in [0.15, 0.2) is 64.6 Å². The molecule has 1 unspecified atom stereocenters. The number of hydrogen-bond donors (Lipinski definition) is 1. The van der Waals surface area contributed by atoms with Crippen LogP contribution in [0.4, 0.5) is 41.2 Å². The largest absolute Gasteiger partial charge is 0.423 e. The van der Waals surface area contributed by atoms with Crippen LogP contribution in [0, 0.1) is 11.7 Å². The highest BCUT2D eigenvalue weighted by Crippen LogP contribution is 2.53. The van der Waals surface area contributed by atoms with E-state index in [1.165, 1.54) is 35.6 Å². The van der Waals surface area contributed by atoms with E-state index in [1.54, 1.807) is 0 Å². The Hall–Kier alpha value is -3.77. The molecular formula is C20H11F7N4O2. The van der Waals surface area contributed by atoms with E-state index < -0.39 is 53.2 Å². The fourth-order valence-electron chi connectivity index (χ4n) is 3.61. The van der Waals surface area contributed by atoms with E-state index in [0.29, 0.717) is 4.90 Å². The zero-order valence-corrected chi connectivity index (χ0v) is 16.1. The maximum absolute atomic E-state index is 14.2. The number of nitrogens with one attached hydrogen (secondary N) is 1. The average Bonchev–Trinajstić information content (AvgIpc) is 2.72. The molecule has 6 nitrogen and oxygen atoms in total. The summed E-state index contributed by atoms with van der Waals surface area (Å²) in [4.78, 5) is 32.1. The molecule has 4 rings (SSSR count). The van der Waals surface area contributed by atoms with E-state index >= 15 is 0 Å². The second-order valence-corrected chi connectivity index (χ2v) is 7.07. The fourth-order valence-corrected chi connectivity index (χ4v) is 3.61. The molecule has 0 radical (unpaired) electrons. The number of anilines is 1. The molecule has 2 aliphatic heterocycles. The summed E-state index contributed by atoms with van der Waals surface area (Å²) in [5.74, 6) is -7.91. The molecule has 1 N–H and O–H groups in total. The lowest BCUT2D eigenvalue weighted by Crippen LogP contribution is -2.73. The van der Waals surface area contributed by atoms with Crippen molar-refractivity contribution in [3.05, 3.63) is 66.0 Å². The number of fused-ring (bicyclic) bond motifs is 1. The minimum absolute atomic E-state index is 0.134. The Labute approximate surface area is 180 Å². The summed E-state index contributed by atoms with van der Waals surface area (Å²) in [6.45, 7) is 0. The molecule has 0 aromatic heterocycles. The number of rotatable bonds is 2. The Morgan fingerprint density at radius 3 is 2.00 bits per heavy atom. The predicted octanol–water partition coefficient (Wildman–Crippen LogP) is 4.22. The fraction of sp³-hybridized carbons (Fsp3) is 0.200. The highest BCUT2D eigenvalue weighted by Gasteiger charge is 2.79. The summed E-state index contributed by atoms with van der Waals surface area (Å²) >= 11 is 0. The number of aliphatic imine (C=N–C) groups is 2. The van der Waals surface area contributed by atoms with Crippen LogP contribution < -0.4 is 10.2 Å². The van der Waals surface area contributed by atoms with Crippen LogP contribution in [0.3, 0.4) is 0 Å². The molecule has 1 saturated heterocycles. The first-order valence-electron chi connectivity index (χ1n) is 9.14. The number of alkyl halides is 6. The summed E-state index contributed by atoms with van der Waals surface area (Å²) in [6.07, 6.45) is -12.2. The van der Waals surface area contributed by atoms with Crippen molar-refractivity contribution in [1.29, 1.82) is 0 Å². The van der Waals surface area contributed by atoms with Crippen LogP contribution in [0.2, 0.25) is 0 Å². The summed E-state index contributed by atoms with van der Waals surface area (Å²) in [5, 5.41) is 1.54. The number of nitrogens with zero attached hydrogens (tertiary/aromatic N) is 3. The van der Waals surface area contributed by atoms with Gasteiger partial charge in [-0.1, -0.05) is 18.2 Å². The van der Waals surface area contributed by atoms with Gasteiger partial charge in [-0.25, -0.2) is 24.1 Å². The number of amides is 3. The maximum atomic E-state index is 14.2. The summed E-state index contributed by atoms with van der Waals surface area (Å²) in [6, 6.07) is 8.79. The van der Waals surface area contributed by atoms with Gasteiger partial charge in [0, 0.05) is 5.56 Å². The highest BCUT2D eigenvalue weighted by atomic mass is 19.4. The van der Waals surface area contributed by atoms with E-state index in [-0.39, 0.29) is 11.3 Å². The molecule has 172 valence electrons. The molecule has 0 aliphatic carbocycles. The minimum atomic E-state index is -6.12. The van der Waals surface area contributed by atoms with Gasteiger partial charge in [-0.3, -0.25) is 10.1 Å². The summed E-state index contributed by atoms with van der Waals surface area (Å²) in [7, 11) is 0. The van der Waals surface area contributed by atoms with E-state index in [4.69, 9.17) is 0 Å². The molecule has 2 aromatic carbocycles. The topological polar surface area (TPSA) is 74.1 Å². The summed E-state index contributed by atoms with van der Waals surface area (Å²) in [5.41, 5.74) is -5.48. The van der Waals surface area contributed by atoms with Crippen molar-refractivity contribution >= 4 is 29.3 Å².